The Morgan fingerprint density at radius 2 is 1.86 bits per heavy atom. The van der Waals surface area contributed by atoms with Gasteiger partial charge in [-0.3, -0.25) is 9.59 Å². The Kier molecular flexibility index (Phi) is 5.96. The first kappa shape index (κ1) is 22.2. The summed E-state index contributed by atoms with van der Waals surface area (Å²) in [5.74, 6) is 1.47. The zero-order valence-corrected chi connectivity index (χ0v) is 20.0. The second-order valence-corrected chi connectivity index (χ2v) is 10.2. The van der Waals surface area contributed by atoms with E-state index >= 15 is 0 Å². The maximum absolute atomic E-state index is 13.7. The highest BCUT2D eigenvalue weighted by atomic mass is 16.5. The largest absolute Gasteiger partial charge is 0.491 e. The van der Waals surface area contributed by atoms with Crippen LogP contribution in [0.3, 0.4) is 0 Å². The first-order chi connectivity index (χ1) is 17.2. The molecule has 4 heterocycles. The molecule has 0 saturated carbocycles. The predicted octanol–water partition coefficient (Wildman–Crippen LogP) is 5.06. The third-order valence-corrected chi connectivity index (χ3v) is 8.07. The van der Waals surface area contributed by atoms with Gasteiger partial charge < -0.3 is 19.0 Å². The summed E-state index contributed by atoms with van der Waals surface area (Å²) in [7, 11) is 0. The summed E-state index contributed by atoms with van der Waals surface area (Å²) in [5.41, 5.74) is 2.93. The smallest absolute Gasteiger partial charge is 0.258 e. The number of rotatable bonds is 7. The maximum Gasteiger partial charge on any atom is 0.258 e. The summed E-state index contributed by atoms with van der Waals surface area (Å²) in [6, 6.07) is 16.5. The molecule has 2 aromatic carbocycles. The Labute approximate surface area is 205 Å². The number of hydrogen-bond acceptors (Lipinski definition) is 4. The molecule has 2 amide bonds. The molecule has 6 nitrogen and oxygen atoms in total. The van der Waals surface area contributed by atoms with Crippen LogP contribution >= 0.6 is 0 Å². The van der Waals surface area contributed by atoms with Gasteiger partial charge in [0, 0.05) is 30.4 Å². The summed E-state index contributed by atoms with van der Waals surface area (Å²) >= 11 is 0. The van der Waals surface area contributed by atoms with Crippen LogP contribution in [0.15, 0.2) is 59.2 Å². The van der Waals surface area contributed by atoms with E-state index in [1.54, 1.807) is 6.26 Å². The highest BCUT2D eigenvalue weighted by molar-refractivity contribution is 5.97. The van der Waals surface area contributed by atoms with Crippen LogP contribution in [0.25, 0.3) is 11.0 Å². The molecule has 2 bridgehead atoms. The lowest BCUT2D eigenvalue weighted by atomic mass is 9.84. The van der Waals surface area contributed by atoms with Crippen molar-refractivity contribution >= 4 is 22.8 Å². The fourth-order valence-electron chi connectivity index (χ4n) is 6.45. The van der Waals surface area contributed by atoms with E-state index in [1.807, 2.05) is 35.2 Å². The van der Waals surface area contributed by atoms with Crippen LogP contribution in [-0.2, 0) is 11.2 Å². The fourth-order valence-corrected chi connectivity index (χ4v) is 6.45. The summed E-state index contributed by atoms with van der Waals surface area (Å²) in [4.78, 5) is 29.6. The number of piperidine rings is 1. The molecule has 0 aliphatic carbocycles. The van der Waals surface area contributed by atoms with Crippen LogP contribution < -0.4 is 4.74 Å². The summed E-state index contributed by atoms with van der Waals surface area (Å²) < 4.78 is 11.6. The van der Waals surface area contributed by atoms with Gasteiger partial charge in [0.15, 0.2) is 0 Å². The van der Waals surface area contributed by atoms with E-state index in [-0.39, 0.29) is 23.9 Å². The lowest BCUT2D eigenvalue weighted by Gasteiger charge is -2.39. The van der Waals surface area contributed by atoms with E-state index in [2.05, 4.69) is 23.1 Å². The highest BCUT2D eigenvalue weighted by Crippen LogP contribution is 2.42. The molecular formula is C29H32N2O4. The Balaban J connectivity index is 1.13. The van der Waals surface area contributed by atoms with Gasteiger partial charge in [-0.1, -0.05) is 24.3 Å². The van der Waals surface area contributed by atoms with Crippen molar-refractivity contribution in [3.63, 3.8) is 0 Å². The van der Waals surface area contributed by atoms with E-state index in [0.29, 0.717) is 36.8 Å². The van der Waals surface area contributed by atoms with E-state index in [1.165, 1.54) is 10.9 Å². The molecule has 3 fully saturated rings. The fraction of sp³-hybridized carbons (Fsp3) is 0.448. The van der Waals surface area contributed by atoms with E-state index in [0.717, 1.165) is 50.7 Å². The highest BCUT2D eigenvalue weighted by Gasteiger charge is 2.43. The van der Waals surface area contributed by atoms with Gasteiger partial charge in [-0.05, 0) is 74.3 Å². The minimum atomic E-state index is 0.0840. The van der Waals surface area contributed by atoms with Gasteiger partial charge in [0.1, 0.15) is 17.9 Å². The lowest BCUT2D eigenvalue weighted by Crippen LogP contribution is -2.47. The standard InChI is InChI=1S/C29H32N2O4/c32-28-9-4-13-30(28)14-16-35-27-7-2-1-6-25(27)29(33)31-22-10-11-23(31)19-20(18-22)17-21-5-3-8-26-24(21)12-15-34-26/h1-3,5-8,12,15,20,22-23H,4,9-11,13-14,16-19H2/t22-,23-/m0/s1. The van der Waals surface area contributed by atoms with Crippen LogP contribution in [-0.4, -0.2) is 53.4 Å². The van der Waals surface area contributed by atoms with Crippen LogP contribution in [0.5, 0.6) is 5.75 Å². The Hall–Kier alpha value is -3.28. The summed E-state index contributed by atoms with van der Waals surface area (Å²) in [6.07, 6.45) is 8.57. The average Bonchev–Trinajstić information content (AvgIpc) is 3.58. The molecule has 0 spiro atoms. The molecule has 3 aliphatic rings. The van der Waals surface area contributed by atoms with Gasteiger partial charge in [-0.2, -0.15) is 0 Å². The molecule has 0 N–H and O–H groups in total. The summed E-state index contributed by atoms with van der Waals surface area (Å²) in [6.45, 7) is 1.78. The van der Waals surface area contributed by atoms with Crippen LogP contribution in [0, 0.1) is 5.92 Å². The second-order valence-electron chi connectivity index (χ2n) is 10.2. The SMILES string of the molecule is O=C1CCCN1CCOc1ccccc1C(=O)N1[C@H]2CC[C@H]1CC(Cc1cccc3occc13)C2. The number of carbonyl (C=O) groups is 2. The number of para-hydroxylation sites is 1. The Morgan fingerprint density at radius 1 is 1.03 bits per heavy atom. The van der Waals surface area contributed by atoms with Crippen molar-refractivity contribution < 1.29 is 18.7 Å². The minimum absolute atomic E-state index is 0.0840. The van der Waals surface area contributed by atoms with E-state index < -0.39 is 0 Å². The van der Waals surface area contributed by atoms with Crippen LogP contribution in [0.1, 0.15) is 54.4 Å². The van der Waals surface area contributed by atoms with E-state index in [4.69, 9.17) is 9.15 Å². The molecule has 6 heteroatoms. The number of amides is 2. The van der Waals surface area contributed by atoms with E-state index in [9.17, 15) is 9.59 Å². The molecule has 2 atom stereocenters. The van der Waals surface area contributed by atoms with Gasteiger partial charge in [-0.25, -0.2) is 0 Å². The average molecular weight is 473 g/mol. The molecule has 0 radical (unpaired) electrons. The molecule has 3 aromatic rings. The zero-order valence-electron chi connectivity index (χ0n) is 20.0. The number of hydrogen-bond donors (Lipinski definition) is 0. The number of furan rings is 1. The monoisotopic (exact) mass is 472 g/mol. The Bertz CT molecular complexity index is 1220. The first-order valence-corrected chi connectivity index (χ1v) is 12.9. The van der Waals surface area contributed by atoms with Gasteiger partial charge in [0.25, 0.3) is 5.91 Å². The zero-order chi connectivity index (χ0) is 23.8. The number of ether oxygens (including phenoxy) is 1. The molecule has 6 rings (SSSR count). The van der Waals surface area contributed by atoms with Gasteiger partial charge in [0.2, 0.25) is 5.91 Å². The molecule has 1 aromatic heterocycles. The van der Waals surface area contributed by atoms with Crippen molar-refractivity contribution in [1.82, 2.24) is 9.80 Å². The van der Waals surface area contributed by atoms with Crippen molar-refractivity contribution in [2.45, 2.75) is 57.0 Å². The topological polar surface area (TPSA) is 63.0 Å². The van der Waals surface area contributed by atoms with Gasteiger partial charge in [-0.15, -0.1) is 0 Å². The second kappa shape index (κ2) is 9.40. The number of likely N-dealkylation sites (tertiary alicyclic amines) is 1. The van der Waals surface area contributed by atoms with Crippen molar-refractivity contribution in [1.29, 1.82) is 0 Å². The minimum Gasteiger partial charge on any atom is -0.491 e. The molecule has 3 aliphatic heterocycles. The lowest BCUT2D eigenvalue weighted by molar-refractivity contribution is -0.128. The van der Waals surface area contributed by atoms with Crippen LogP contribution in [0.4, 0.5) is 0 Å². The molecular weight excluding hydrogens is 440 g/mol. The van der Waals surface area contributed by atoms with Crippen molar-refractivity contribution in [2.24, 2.45) is 5.92 Å². The summed E-state index contributed by atoms with van der Waals surface area (Å²) in [5, 5.41) is 1.21. The third kappa shape index (κ3) is 4.30. The third-order valence-electron chi connectivity index (χ3n) is 8.07. The number of benzene rings is 2. The van der Waals surface area contributed by atoms with Gasteiger partial charge >= 0.3 is 0 Å². The van der Waals surface area contributed by atoms with Crippen molar-refractivity contribution in [3.8, 4) is 5.75 Å². The number of nitrogens with zero attached hydrogens (tertiary/aromatic N) is 2. The number of carbonyl (C=O) groups excluding carboxylic acids is 2. The molecule has 0 unspecified atom stereocenters. The first-order valence-electron chi connectivity index (χ1n) is 12.9. The number of fused-ring (bicyclic) bond motifs is 3. The molecule has 35 heavy (non-hydrogen) atoms. The molecule has 3 saturated heterocycles. The van der Waals surface area contributed by atoms with Crippen molar-refractivity contribution in [3.05, 3.63) is 65.9 Å². The quantitative estimate of drug-likeness (QED) is 0.482. The van der Waals surface area contributed by atoms with Crippen molar-refractivity contribution in [2.75, 3.05) is 19.7 Å². The predicted molar refractivity (Wildman–Crippen MR) is 133 cm³/mol. The van der Waals surface area contributed by atoms with Crippen LogP contribution in [0.2, 0.25) is 0 Å². The van der Waals surface area contributed by atoms with Gasteiger partial charge in [0.05, 0.1) is 18.4 Å². The normalized spacial score (nSPS) is 23.9. The molecule has 182 valence electrons. The Morgan fingerprint density at radius 3 is 2.66 bits per heavy atom. The maximum atomic E-state index is 13.7.